The molecular weight excluding hydrogens is 233 g/mol. The largest absolute Gasteiger partial charge is 0.331 e. The van der Waals surface area contributed by atoms with Gasteiger partial charge >= 0.3 is 6.03 Å². The van der Waals surface area contributed by atoms with Crippen LogP contribution in [-0.4, -0.2) is 31.1 Å². The zero-order valence-corrected chi connectivity index (χ0v) is 10.2. The normalized spacial score (nSPS) is 27.6. The Morgan fingerprint density at radius 2 is 2.28 bits per heavy atom. The van der Waals surface area contributed by atoms with Gasteiger partial charge in [-0.15, -0.1) is 0 Å². The Bertz CT molecular complexity index is 491. The lowest BCUT2D eigenvalue weighted by molar-refractivity contribution is 0.240. The molecule has 2 unspecified atom stereocenters. The van der Waals surface area contributed by atoms with Crippen molar-refractivity contribution >= 4 is 11.7 Å². The molecule has 18 heavy (non-hydrogen) atoms. The van der Waals surface area contributed by atoms with Gasteiger partial charge in [-0.25, -0.2) is 9.18 Å². The zero-order valence-electron chi connectivity index (χ0n) is 10.2. The molecule has 0 aliphatic carbocycles. The molecule has 1 fully saturated rings. The first kappa shape index (κ1) is 11.5. The Kier molecular flexibility index (Phi) is 2.70. The SMILES string of the molecule is CN1CCC(C2NC(=O)Nc3c(F)cccc32)C1. The lowest BCUT2D eigenvalue weighted by Crippen LogP contribution is -2.42. The van der Waals surface area contributed by atoms with Crippen molar-refractivity contribution in [3.63, 3.8) is 0 Å². The van der Waals surface area contributed by atoms with E-state index in [1.165, 1.54) is 6.07 Å². The molecule has 5 heteroatoms. The maximum atomic E-state index is 13.7. The highest BCUT2D eigenvalue weighted by Gasteiger charge is 2.35. The summed E-state index contributed by atoms with van der Waals surface area (Å²) >= 11 is 0. The van der Waals surface area contributed by atoms with Crippen LogP contribution < -0.4 is 10.6 Å². The number of hydrogen-bond donors (Lipinski definition) is 2. The average Bonchev–Trinajstić information content (AvgIpc) is 2.76. The van der Waals surface area contributed by atoms with Crippen LogP contribution in [0.2, 0.25) is 0 Å². The van der Waals surface area contributed by atoms with Crippen LogP contribution >= 0.6 is 0 Å². The molecule has 0 radical (unpaired) electrons. The van der Waals surface area contributed by atoms with Crippen molar-refractivity contribution in [2.45, 2.75) is 12.5 Å². The number of fused-ring (bicyclic) bond motifs is 1. The molecule has 2 heterocycles. The van der Waals surface area contributed by atoms with Gasteiger partial charge in [-0.3, -0.25) is 0 Å². The van der Waals surface area contributed by atoms with E-state index in [0.29, 0.717) is 11.6 Å². The van der Waals surface area contributed by atoms with Crippen LogP contribution in [0.4, 0.5) is 14.9 Å². The van der Waals surface area contributed by atoms with Crippen LogP contribution in [-0.2, 0) is 0 Å². The zero-order chi connectivity index (χ0) is 12.7. The van der Waals surface area contributed by atoms with Gasteiger partial charge in [-0.1, -0.05) is 12.1 Å². The Morgan fingerprint density at radius 1 is 1.44 bits per heavy atom. The van der Waals surface area contributed by atoms with Gasteiger partial charge in [0.15, 0.2) is 0 Å². The highest BCUT2D eigenvalue weighted by atomic mass is 19.1. The summed E-state index contributed by atoms with van der Waals surface area (Å²) in [5.74, 6) is -0.0136. The molecular formula is C13H16FN3O. The van der Waals surface area contributed by atoms with E-state index >= 15 is 0 Å². The predicted octanol–water partition coefficient (Wildman–Crippen LogP) is 1.95. The topological polar surface area (TPSA) is 44.4 Å². The molecule has 0 spiro atoms. The fourth-order valence-electron chi connectivity index (χ4n) is 2.91. The number of anilines is 1. The van der Waals surface area contributed by atoms with Gasteiger partial charge in [-0.2, -0.15) is 0 Å². The standard InChI is InChI=1S/C13H16FN3O/c1-17-6-5-8(7-17)11-9-3-2-4-10(14)12(9)16-13(18)15-11/h2-4,8,11H,5-7H2,1H3,(H2,15,16,18). The summed E-state index contributed by atoms with van der Waals surface area (Å²) in [4.78, 5) is 13.9. The Labute approximate surface area is 105 Å². The summed E-state index contributed by atoms with van der Waals surface area (Å²) in [5, 5.41) is 5.47. The summed E-state index contributed by atoms with van der Waals surface area (Å²) in [5.41, 5.74) is 1.19. The van der Waals surface area contributed by atoms with Crippen molar-refractivity contribution in [3.8, 4) is 0 Å². The third kappa shape index (κ3) is 1.84. The second-order valence-corrected chi connectivity index (χ2v) is 5.09. The number of likely N-dealkylation sites (tertiary alicyclic amines) is 1. The van der Waals surface area contributed by atoms with Crippen LogP contribution in [0.3, 0.4) is 0 Å². The minimum atomic E-state index is -0.362. The van der Waals surface area contributed by atoms with E-state index in [1.54, 1.807) is 6.07 Å². The van der Waals surface area contributed by atoms with Crippen molar-refractivity contribution in [1.29, 1.82) is 0 Å². The van der Waals surface area contributed by atoms with Crippen molar-refractivity contribution in [1.82, 2.24) is 10.2 Å². The van der Waals surface area contributed by atoms with E-state index in [1.807, 2.05) is 6.07 Å². The van der Waals surface area contributed by atoms with Crippen LogP contribution in [0.25, 0.3) is 0 Å². The predicted molar refractivity (Wildman–Crippen MR) is 66.9 cm³/mol. The first-order valence-electron chi connectivity index (χ1n) is 6.19. The summed E-state index contributed by atoms with van der Waals surface area (Å²) in [7, 11) is 2.06. The summed E-state index contributed by atoms with van der Waals surface area (Å²) < 4.78 is 13.7. The third-order valence-corrected chi connectivity index (χ3v) is 3.81. The summed E-state index contributed by atoms with van der Waals surface area (Å²) in [6, 6.07) is 4.55. The van der Waals surface area contributed by atoms with Gasteiger partial charge in [0.2, 0.25) is 0 Å². The second kappa shape index (κ2) is 4.24. The minimum absolute atomic E-state index is 0.0885. The fraction of sp³-hybridized carbons (Fsp3) is 0.462. The maximum Gasteiger partial charge on any atom is 0.319 e. The summed E-state index contributed by atoms with van der Waals surface area (Å²) in [6.07, 6.45) is 1.03. The molecule has 2 aliphatic heterocycles. The van der Waals surface area contributed by atoms with Crippen molar-refractivity contribution in [3.05, 3.63) is 29.6 Å². The van der Waals surface area contributed by atoms with Crippen LogP contribution in [0.15, 0.2) is 18.2 Å². The molecule has 1 saturated heterocycles. The fourth-order valence-corrected chi connectivity index (χ4v) is 2.91. The molecule has 0 aromatic heterocycles. The molecule has 2 amide bonds. The van der Waals surface area contributed by atoms with Crippen LogP contribution in [0, 0.1) is 11.7 Å². The molecule has 0 bridgehead atoms. The number of carbonyl (C=O) groups excluding carboxylic acids is 1. The molecule has 96 valence electrons. The molecule has 1 aromatic rings. The molecule has 0 saturated carbocycles. The number of para-hydroxylation sites is 1. The van der Waals surface area contributed by atoms with Gasteiger partial charge in [0.05, 0.1) is 11.7 Å². The number of urea groups is 1. The van der Waals surface area contributed by atoms with E-state index in [2.05, 4.69) is 22.6 Å². The summed E-state index contributed by atoms with van der Waals surface area (Å²) in [6.45, 7) is 1.95. The van der Waals surface area contributed by atoms with E-state index in [0.717, 1.165) is 25.1 Å². The van der Waals surface area contributed by atoms with E-state index < -0.39 is 0 Å². The first-order valence-corrected chi connectivity index (χ1v) is 6.19. The van der Waals surface area contributed by atoms with E-state index in [4.69, 9.17) is 0 Å². The lowest BCUT2D eigenvalue weighted by atomic mass is 9.90. The molecule has 2 atom stereocenters. The monoisotopic (exact) mass is 249 g/mol. The number of rotatable bonds is 1. The Hall–Kier alpha value is -1.62. The molecule has 3 rings (SSSR count). The van der Waals surface area contributed by atoms with Crippen LogP contribution in [0.5, 0.6) is 0 Å². The van der Waals surface area contributed by atoms with E-state index in [9.17, 15) is 9.18 Å². The molecule has 2 N–H and O–H groups in total. The molecule has 1 aromatic carbocycles. The van der Waals surface area contributed by atoms with Crippen LogP contribution in [0.1, 0.15) is 18.0 Å². The maximum absolute atomic E-state index is 13.7. The molecule has 2 aliphatic rings. The number of halogens is 1. The Balaban J connectivity index is 1.97. The van der Waals surface area contributed by atoms with Gasteiger partial charge in [0.1, 0.15) is 5.82 Å². The number of nitrogens with zero attached hydrogens (tertiary/aromatic N) is 1. The second-order valence-electron chi connectivity index (χ2n) is 5.09. The lowest BCUT2D eigenvalue weighted by Gasteiger charge is -2.31. The van der Waals surface area contributed by atoms with Crippen molar-refractivity contribution in [2.24, 2.45) is 5.92 Å². The number of carbonyl (C=O) groups is 1. The first-order chi connectivity index (χ1) is 8.65. The Morgan fingerprint density at radius 3 is 3.00 bits per heavy atom. The molecule has 4 nitrogen and oxygen atoms in total. The third-order valence-electron chi connectivity index (χ3n) is 3.81. The van der Waals surface area contributed by atoms with Gasteiger partial charge < -0.3 is 15.5 Å². The highest BCUT2D eigenvalue weighted by molar-refractivity contribution is 5.93. The van der Waals surface area contributed by atoms with Crippen molar-refractivity contribution < 1.29 is 9.18 Å². The quantitative estimate of drug-likeness (QED) is 0.799. The van der Waals surface area contributed by atoms with Gasteiger partial charge in [0.25, 0.3) is 0 Å². The minimum Gasteiger partial charge on any atom is -0.331 e. The highest BCUT2D eigenvalue weighted by Crippen LogP contribution is 2.36. The smallest absolute Gasteiger partial charge is 0.319 e. The number of benzene rings is 1. The van der Waals surface area contributed by atoms with Gasteiger partial charge in [-0.05, 0) is 32.0 Å². The number of nitrogens with one attached hydrogen (secondary N) is 2. The number of hydrogen-bond acceptors (Lipinski definition) is 2. The van der Waals surface area contributed by atoms with E-state index in [-0.39, 0.29) is 17.9 Å². The number of amides is 2. The van der Waals surface area contributed by atoms with Crippen molar-refractivity contribution in [2.75, 3.05) is 25.5 Å². The average molecular weight is 249 g/mol. The van der Waals surface area contributed by atoms with Gasteiger partial charge in [0, 0.05) is 12.1 Å².